The molecule has 1 saturated heterocycles. The van der Waals surface area contributed by atoms with Crippen molar-refractivity contribution in [2.75, 3.05) is 19.8 Å². The highest BCUT2D eigenvalue weighted by Gasteiger charge is 2.39. The van der Waals surface area contributed by atoms with Crippen molar-refractivity contribution in [2.24, 2.45) is 23.5 Å². The molecule has 0 aromatic heterocycles. The summed E-state index contributed by atoms with van der Waals surface area (Å²) >= 11 is 0. The number of carbonyl (C=O) groups excluding carboxylic acids is 1. The molecule has 134 valence electrons. The maximum Gasteiger partial charge on any atom is 0.410 e. The summed E-state index contributed by atoms with van der Waals surface area (Å²) < 4.78 is 11.2. The molecule has 0 bridgehead atoms. The molecule has 1 saturated carbocycles. The first kappa shape index (κ1) is 18.5. The lowest BCUT2D eigenvalue weighted by Crippen LogP contribution is -2.60. The molecule has 2 fully saturated rings. The van der Waals surface area contributed by atoms with Gasteiger partial charge in [-0.2, -0.15) is 0 Å². The fourth-order valence-electron chi connectivity index (χ4n) is 4.13. The smallest absolute Gasteiger partial charge is 0.410 e. The number of nitrogens with zero attached hydrogens (tertiary/aromatic N) is 1. The van der Waals surface area contributed by atoms with Gasteiger partial charge in [0.2, 0.25) is 0 Å². The molecule has 2 aliphatic rings. The summed E-state index contributed by atoms with van der Waals surface area (Å²) in [5, 5.41) is 0. The largest absolute Gasteiger partial charge is 0.444 e. The van der Waals surface area contributed by atoms with E-state index in [1.165, 1.54) is 6.42 Å². The van der Waals surface area contributed by atoms with Crippen LogP contribution in [0.15, 0.2) is 0 Å². The van der Waals surface area contributed by atoms with Crippen LogP contribution in [0.2, 0.25) is 0 Å². The molecule has 1 amide bonds. The number of rotatable bonds is 2. The van der Waals surface area contributed by atoms with E-state index in [0.717, 1.165) is 12.8 Å². The van der Waals surface area contributed by atoms with Gasteiger partial charge in [-0.15, -0.1) is 0 Å². The Morgan fingerprint density at radius 2 is 1.83 bits per heavy atom. The number of nitrogens with two attached hydrogens (primary N) is 1. The lowest BCUT2D eigenvalue weighted by atomic mass is 9.72. The van der Waals surface area contributed by atoms with Gasteiger partial charge in [-0.1, -0.05) is 13.8 Å². The van der Waals surface area contributed by atoms with E-state index in [0.29, 0.717) is 37.5 Å². The van der Waals surface area contributed by atoms with Crippen molar-refractivity contribution in [1.29, 1.82) is 0 Å². The summed E-state index contributed by atoms with van der Waals surface area (Å²) in [5.74, 6) is 1.86. The highest BCUT2D eigenvalue weighted by atomic mass is 16.6. The average molecular weight is 326 g/mol. The van der Waals surface area contributed by atoms with E-state index in [2.05, 4.69) is 13.8 Å². The second kappa shape index (κ2) is 7.39. The molecule has 0 radical (unpaired) electrons. The van der Waals surface area contributed by atoms with Crippen LogP contribution in [0, 0.1) is 17.8 Å². The number of hydrogen-bond donors (Lipinski definition) is 1. The molecule has 4 unspecified atom stereocenters. The van der Waals surface area contributed by atoms with E-state index in [-0.39, 0.29) is 18.2 Å². The molecule has 2 N–H and O–H groups in total. The van der Waals surface area contributed by atoms with E-state index >= 15 is 0 Å². The summed E-state index contributed by atoms with van der Waals surface area (Å²) in [4.78, 5) is 14.3. The first-order valence-electron chi connectivity index (χ1n) is 9.00. The third-order valence-electron chi connectivity index (χ3n) is 5.00. The fourth-order valence-corrected chi connectivity index (χ4v) is 4.13. The van der Waals surface area contributed by atoms with Gasteiger partial charge in [0.15, 0.2) is 0 Å². The highest BCUT2D eigenvalue weighted by Crippen LogP contribution is 2.36. The Balaban J connectivity index is 2.06. The Morgan fingerprint density at radius 1 is 1.22 bits per heavy atom. The minimum absolute atomic E-state index is 0.0481. The molecule has 4 atom stereocenters. The molecule has 0 spiro atoms. The highest BCUT2D eigenvalue weighted by molar-refractivity contribution is 5.68. The fraction of sp³-hybridized carbons (Fsp3) is 0.944. The van der Waals surface area contributed by atoms with Gasteiger partial charge in [-0.3, -0.25) is 4.90 Å². The molecule has 5 nitrogen and oxygen atoms in total. The zero-order valence-corrected chi connectivity index (χ0v) is 15.4. The van der Waals surface area contributed by atoms with Crippen LogP contribution in [0.3, 0.4) is 0 Å². The Labute approximate surface area is 140 Å². The molecular formula is C18H34N2O3. The van der Waals surface area contributed by atoms with Gasteiger partial charge in [-0.05, 0) is 57.8 Å². The van der Waals surface area contributed by atoms with Gasteiger partial charge in [-0.25, -0.2) is 4.79 Å². The summed E-state index contributed by atoms with van der Waals surface area (Å²) in [6.45, 7) is 11.9. The lowest BCUT2D eigenvalue weighted by molar-refractivity contribution is -0.0455. The molecule has 1 aliphatic carbocycles. The van der Waals surface area contributed by atoms with Crippen LogP contribution < -0.4 is 5.73 Å². The normalized spacial score (nSPS) is 34.1. The first-order chi connectivity index (χ1) is 10.7. The summed E-state index contributed by atoms with van der Waals surface area (Å²) in [6, 6.07) is -0.130. The Bertz CT molecular complexity index is 398. The van der Waals surface area contributed by atoms with Gasteiger partial charge in [0.05, 0.1) is 19.3 Å². The van der Waals surface area contributed by atoms with E-state index in [9.17, 15) is 4.79 Å². The maximum absolute atomic E-state index is 12.5. The van der Waals surface area contributed by atoms with Crippen LogP contribution in [-0.4, -0.2) is 48.4 Å². The topological polar surface area (TPSA) is 64.8 Å². The van der Waals surface area contributed by atoms with Gasteiger partial charge in [0.25, 0.3) is 0 Å². The number of carbonyl (C=O) groups is 1. The summed E-state index contributed by atoms with van der Waals surface area (Å²) in [5.41, 5.74) is 6.12. The van der Waals surface area contributed by atoms with E-state index in [4.69, 9.17) is 15.2 Å². The number of hydrogen-bond acceptors (Lipinski definition) is 4. The maximum atomic E-state index is 12.5. The summed E-state index contributed by atoms with van der Waals surface area (Å²) in [6.07, 6.45) is 3.30. The third-order valence-corrected chi connectivity index (χ3v) is 5.00. The van der Waals surface area contributed by atoms with Gasteiger partial charge in [0, 0.05) is 12.6 Å². The van der Waals surface area contributed by atoms with Crippen molar-refractivity contribution in [3.8, 4) is 0 Å². The average Bonchev–Trinajstić information content (AvgIpc) is 2.43. The Hall–Kier alpha value is -0.810. The van der Waals surface area contributed by atoms with Crippen molar-refractivity contribution < 1.29 is 14.3 Å². The first-order valence-corrected chi connectivity index (χ1v) is 9.00. The van der Waals surface area contributed by atoms with Crippen molar-refractivity contribution in [2.45, 2.75) is 71.6 Å². The SMILES string of the molecule is CC1CC(C)CC(C(N)C2COCCN2C(=O)OC(C)(C)C)C1. The molecule has 2 rings (SSSR count). The van der Waals surface area contributed by atoms with Crippen molar-refractivity contribution >= 4 is 6.09 Å². The van der Waals surface area contributed by atoms with Crippen LogP contribution in [0.1, 0.15) is 53.9 Å². The van der Waals surface area contributed by atoms with E-state index in [1.807, 2.05) is 20.8 Å². The predicted molar refractivity (Wildman–Crippen MR) is 91.2 cm³/mol. The monoisotopic (exact) mass is 326 g/mol. The molecule has 23 heavy (non-hydrogen) atoms. The second-order valence-corrected chi connectivity index (χ2v) is 8.57. The molecule has 1 heterocycles. The van der Waals surface area contributed by atoms with Crippen molar-refractivity contribution in [3.05, 3.63) is 0 Å². The third kappa shape index (κ3) is 5.08. The van der Waals surface area contributed by atoms with Crippen LogP contribution >= 0.6 is 0 Å². The number of morpholine rings is 1. The van der Waals surface area contributed by atoms with Crippen LogP contribution in [0.25, 0.3) is 0 Å². The minimum atomic E-state index is -0.488. The van der Waals surface area contributed by atoms with Crippen LogP contribution in [0.5, 0.6) is 0 Å². The van der Waals surface area contributed by atoms with Crippen LogP contribution in [0.4, 0.5) is 4.79 Å². The zero-order chi connectivity index (χ0) is 17.2. The van der Waals surface area contributed by atoms with Crippen LogP contribution in [-0.2, 0) is 9.47 Å². The summed E-state index contributed by atoms with van der Waals surface area (Å²) in [7, 11) is 0. The van der Waals surface area contributed by atoms with E-state index < -0.39 is 5.60 Å². The van der Waals surface area contributed by atoms with Crippen molar-refractivity contribution in [3.63, 3.8) is 0 Å². The van der Waals surface area contributed by atoms with Gasteiger partial charge >= 0.3 is 6.09 Å². The number of amides is 1. The molecule has 0 aromatic rings. The molecule has 5 heteroatoms. The zero-order valence-electron chi connectivity index (χ0n) is 15.4. The van der Waals surface area contributed by atoms with Gasteiger partial charge in [0.1, 0.15) is 5.60 Å². The molecular weight excluding hydrogens is 292 g/mol. The minimum Gasteiger partial charge on any atom is -0.444 e. The molecule has 1 aliphatic heterocycles. The molecule has 0 aromatic carbocycles. The predicted octanol–water partition coefficient (Wildman–Crippen LogP) is 3.02. The van der Waals surface area contributed by atoms with E-state index in [1.54, 1.807) is 4.90 Å². The Kier molecular flexibility index (Phi) is 5.95. The number of ether oxygens (including phenoxy) is 2. The lowest BCUT2D eigenvalue weighted by Gasteiger charge is -2.44. The standard InChI is InChI=1S/C18H34N2O3/c1-12-8-13(2)10-14(9-12)16(19)15-11-22-7-6-20(15)17(21)23-18(3,4)5/h12-16H,6-11,19H2,1-5H3. The van der Waals surface area contributed by atoms with Gasteiger partial charge < -0.3 is 15.2 Å². The van der Waals surface area contributed by atoms with Crippen molar-refractivity contribution in [1.82, 2.24) is 4.90 Å². The quantitative estimate of drug-likeness (QED) is 0.847. The second-order valence-electron chi connectivity index (χ2n) is 8.57. The Morgan fingerprint density at radius 3 is 2.39 bits per heavy atom.